The minimum absolute atomic E-state index is 0. The zero-order chi connectivity index (χ0) is 45.5. The van der Waals surface area contributed by atoms with Crippen molar-refractivity contribution in [1.82, 2.24) is 0 Å². The van der Waals surface area contributed by atoms with Gasteiger partial charge in [-0.3, -0.25) is 18.9 Å². The van der Waals surface area contributed by atoms with Crippen molar-refractivity contribution < 1.29 is 173 Å². The first-order valence-electron chi connectivity index (χ1n) is 11.1. The van der Waals surface area contributed by atoms with Crippen LogP contribution in [0.5, 0.6) is 0 Å². The van der Waals surface area contributed by atoms with Gasteiger partial charge >= 0.3 is 91.3 Å². The van der Waals surface area contributed by atoms with Crippen molar-refractivity contribution in [3.63, 3.8) is 0 Å². The van der Waals surface area contributed by atoms with Crippen LogP contribution in [-0.4, -0.2) is 94.9 Å². The van der Waals surface area contributed by atoms with Gasteiger partial charge in [-0.15, -0.1) is 61.5 Å². The Labute approximate surface area is 293 Å². The van der Waals surface area contributed by atoms with Gasteiger partial charge in [-0.05, 0) is 0 Å². The topological polar surface area (TPSA) is 190 Å². The van der Waals surface area contributed by atoms with Crippen molar-refractivity contribution >= 4 is 24.3 Å². The highest BCUT2D eigenvalue weighted by Crippen LogP contribution is 2.51. The molecule has 0 spiro atoms. The second-order valence-corrected chi connectivity index (χ2v) is 8.12. The number of carbonyl (C=O) groups is 4. The molecule has 0 aromatic heterocycles. The molecule has 38 heteroatoms. The molecule has 1 aliphatic heterocycles. The lowest BCUT2D eigenvalue weighted by molar-refractivity contribution is -0.381. The molecule has 0 radical (unpaired) electrons. The fourth-order valence-corrected chi connectivity index (χ4v) is 1.13. The number of aliphatic carboxylic acids is 2. The number of rotatable bonds is 7. The molecule has 0 bridgehead atoms. The molecular weight excluding hydrogens is 914 g/mol. The first-order valence-corrected chi connectivity index (χ1v) is 11.1. The van der Waals surface area contributed by atoms with Gasteiger partial charge in [0, 0.05) is 27.7 Å². The van der Waals surface area contributed by atoms with Crippen LogP contribution in [0.3, 0.4) is 0 Å². The summed E-state index contributed by atoms with van der Waals surface area (Å²) < 4.78 is 280. The summed E-state index contributed by atoms with van der Waals surface area (Å²) in [5, 5.41) is 15.6. The Kier molecular flexibility index (Phi) is 31.2. The molecule has 1 saturated heterocycles. The van der Waals surface area contributed by atoms with Gasteiger partial charge in [-0.2, -0.15) is 35.1 Å². The molecule has 348 valence electrons. The molecule has 0 aromatic rings. The van der Waals surface area contributed by atoms with Crippen LogP contribution in [0, 0.1) is 0 Å². The van der Waals surface area contributed by atoms with Crippen LogP contribution in [0.1, 0.15) is 27.7 Å². The molecule has 0 amide bonds. The zero-order valence-corrected chi connectivity index (χ0v) is 26.5. The Morgan fingerprint density at radius 1 is 0.526 bits per heavy atom. The van der Waals surface area contributed by atoms with E-state index in [0.717, 1.165) is 0 Å². The van der Waals surface area contributed by atoms with Crippen molar-refractivity contribution in [1.29, 1.82) is 0 Å². The lowest BCUT2D eigenvalue weighted by Crippen LogP contribution is -2.38. The summed E-state index contributed by atoms with van der Waals surface area (Å²) in [6.07, 6.45) is -30.9. The van der Waals surface area contributed by atoms with Gasteiger partial charge in [0.15, 0.2) is 0 Å². The average molecular weight is 932 g/mol. The van der Waals surface area contributed by atoms with Crippen molar-refractivity contribution in [2.45, 2.75) is 82.7 Å². The third-order valence-corrected chi connectivity index (χ3v) is 3.19. The van der Waals surface area contributed by atoms with Gasteiger partial charge in [0.2, 0.25) is 0 Å². The first kappa shape index (κ1) is 70.6. The van der Waals surface area contributed by atoms with Crippen molar-refractivity contribution in [2.24, 2.45) is 0 Å². The number of halogens is 26. The summed E-state index contributed by atoms with van der Waals surface area (Å²) in [4.78, 5) is 37.0. The summed E-state index contributed by atoms with van der Waals surface area (Å²) in [5.41, 5.74) is 0. The van der Waals surface area contributed by atoms with Crippen LogP contribution >= 0.6 is 0 Å². The summed E-state index contributed by atoms with van der Waals surface area (Å²) >= 11 is 0. The van der Waals surface area contributed by atoms with Gasteiger partial charge in [-0.1, -0.05) is 0 Å². The molecule has 1 aliphatic rings. The van der Waals surface area contributed by atoms with Gasteiger partial charge in [0.25, 0.3) is 0 Å². The van der Waals surface area contributed by atoms with Crippen LogP contribution in [-0.2, 0) is 38.1 Å². The predicted octanol–water partition coefficient (Wildman–Crippen LogP) is 8.67. The predicted molar refractivity (Wildman–Crippen MR) is 121 cm³/mol. The molecule has 0 saturated carbocycles. The van der Waals surface area contributed by atoms with Crippen molar-refractivity contribution in [3.8, 4) is 0 Å². The van der Waals surface area contributed by atoms with Crippen LogP contribution in [0.4, 0.5) is 120 Å². The van der Waals surface area contributed by atoms with Crippen LogP contribution in [0.15, 0.2) is 12.1 Å². The Morgan fingerprint density at radius 2 is 0.719 bits per heavy atom. The normalized spacial score (nSPS) is 18.2. The Hall–Kier alpha value is -4.20. The van der Waals surface area contributed by atoms with Gasteiger partial charge in [-0.25, -0.2) is 37.4 Å². The third kappa shape index (κ3) is 44.4. The van der Waals surface area contributed by atoms with Gasteiger partial charge in [0.1, 0.15) is 0 Å². The molecule has 1 heterocycles. The van der Waals surface area contributed by atoms with Gasteiger partial charge < -0.3 is 20.4 Å². The quantitative estimate of drug-likeness (QED) is 0.108. The molecule has 57 heavy (non-hydrogen) atoms. The highest BCUT2D eigenvalue weighted by atomic mass is 19.4. The minimum Gasteiger partial charge on any atom is -0.477 e. The number of hydrogen-bond donors (Lipinski definition) is 2. The average Bonchev–Trinajstić information content (AvgIpc) is 3.27. The zero-order valence-electron chi connectivity index (χ0n) is 26.5. The largest absolute Gasteiger partial charge is 0.574 e. The number of carboxylic acids is 2. The lowest BCUT2D eigenvalue weighted by Gasteiger charge is -2.16. The van der Waals surface area contributed by atoms with E-state index < -0.39 is 91.3 Å². The highest BCUT2D eigenvalue weighted by Gasteiger charge is 2.73. The second kappa shape index (κ2) is 25.2. The fraction of sp³-hybridized carbons (Fsp3) is 0.684. The Morgan fingerprint density at radius 3 is 0.772 bits per heavy atom. The number of epoxide rings is 1. The van der Waals surface area contributed by atoms with Crippen LogP contribution in [0.25, 0.3) is 0 Å². The Balaban J connectivity index is -0.0000000850. The van der Waals surface area contributed by atoms with Crippen molar-refractivity contribution in [3.05, 3.63) is 12.1 Å². The third-order valence-electron chi connectivity index (χ3n) is 3.19. The molecule has 4 unspecified atom stereocenters. The van der Waals surface area contributed by atoms with E-state index in [1.807, 2.05) is 0 Å². The summed E-state index contributed by atoms with van der Waals surface area (Å²) in [7, 11) is 0. The highest BCUT2D eigenvalue weighted by molar-refractivity contribution is 5.76. The number of carbonyl (C=O) groups excluding carboxylic acids is 2. The van der Waals surface area contributed by atoms with Crippen molar-refractivity contribution in [2.75, 3.05) is 0 Å². The molecule has 1 rings (SSSR count). The number of ether oxygens (including phenoxy) is 5. The van der Waals surface area contributed by atoms with Gasteiger partial charge in [0.05, 0.1) is 0 Å². The number of carboxylic acid groups (broad SMARTS) is 2. The van der Waals surface area contributed by atoms with E-state index in [1.54, 1.807) is 0 Å². The van der Waals surface area contributed by atoms with E-state index in [4.69, 9.17) is 15.0 Å². The van der Waals surface area contributed by atoms with E-state index in [0.29, 0.717) is 6.92 Å². The summed E-state index contributed by atoms with van der Waals surface area (Å²) in [6.45, 7) is 1.03. The summed E-state index contributed by atoms with van der Waals surface area (Å²) in [6, 6.07) is -5.75. The molecular formula is C19H18F26O12. The smallest absolute Gasteiger partial charge is 0.477 e. The maximum Gasteiger partial charge on any atom is 0.574 e. The number of hydrogen-bond acceptors (Lipinski definition) is 9. The maximum absolute atomic E-state index is 12.2. The fourth-order valence-electron chi connectivity index (χ4n) is 1.13. The van der Waals surface area contributed by atoms with E-state index in [2.05, 4.69) is 23.7 Å². The van der Waals surface area contributed by atoms with E-state index >= 15 is 0 Å². The SMILES string of the molecule is CC(F)(OC(F)(F)F)C(=O)F.CC(F)(OC(F)(F)F)C(=O)O.CC(F)(OC(F)(F)F)C(=O)O.CC1(F)OC1(F)F.F.F.FC(F)=C(F)OC(F)(F)F.O.O=C(F)F. The minimum atomic E-state index is -5.41. The standard InChI is InChI=1S/C4H3F5O2.2C4H4F4O3.C3F6O.C3H3F3O.CF2O.2FH.H2O/c1-3(6,2(5)10)11-4(7,8)9;2*1-3(5,2(9)10)11-4(6,7)8;4-1(5)2(6)10-3(7,8)9;1-2(4)3(5,6)7-2;2-1(3)4;;;/h1H3;2*1H3,(H,9,10);;1H3;;2*1H;1H2. The molecule has 0 aliphatic carbocycles. The monoisotopic (exact) mass is 932 g/mol. The molecule has 0 aromatic carbocycles. The Bertz CT molecular complexity index is 1130. The van der Waals surface area contributed by atoms with Crippen LogP contribution < -0.4 is 0 Å². The summed E-state index contributed by atoms with van der Waals surface area (Å²) in [5.74, 6) is -18.7. The van der Waals surface area contributed by atoms with E-state index in [9.17, 15) is 120 Å². The molecule has 4 N–H and O–H groups in total. The molecule has 12 nitrogen and oxygen atoms in total. The maximum atomic E-state index is 12.2. The first-order chi connectivity index (χ1) is 23.0. The molecule has 4 atom stereocenters. The van der Waals surface area contributed by atoms with E-state index in [1.165, 1.54) is 0 Å². The number of alkyl halides is 18. The lowest BCUT2D eigenvalue weighted by atomic mass is 10.4. The van der Waals surface area contributed by atoms with Crippen LogP contribution in [0.2, 0.25) is 0 Å². The second-order valence-electron chi connectivity index (χ2n) is 8.12. The molecule has 1 fully saturated rings. The van der Waals surface area contributed by atoms with E-state index in [-0.39, 0.29) is 35.7 Å².